The second kappa shape index (κ2) is 4.90. The van der Waals surface area contributed by atoms with Gasteiger partial charge in [-0.2, -0.15) is 0 Å². The zero-order valence-electron chi connectivity index (χ0n) is 10.7. The molecule has 4 nitrogen and oxygen atoms in total. The Morgan fingerprint density at radius 1 is 1.53 bits per heavy atom. The highest BCUT2D eigenvalue weighted by atomic mass is 16.2. The van der Waals surface area contributed by atoms with Crippen molar-refractivity contribution < 1.29 is 4.79 Å². The standard InChI is InChI=1S/C13H21N3O/c1-3-13(6-4-5-7-13)12(17)16(2)10-11-14-8-9-15-11/h8-9H,3-7,10H2,1-2H3,(H,14,15). The van der Waals surface area contributed by atoms with Gasteiger partial charge < -0.3 is 9.88 Å². The zero-order valence-corrected chi connectivity index (χ0v) is 10.7. The summed E-state index contributed by atoms with van der Waals surface area (Å²) in [6.45, 7) is 2.71. The molecule has 1 saturated carbocycles. The molecule has 0 atom stereocenters. The third-order valence-corrected chi connectivity index (χ3v) is 3.98. The monoisotopic (exact) mass is 235 g/mol. The van der Waals surface area contributed by atoms with Crippen LogP contribution in [0, 0.1) is 5.41 Å². The molecule has 0 aromatic carbocycles. The van der Waals surface area contributed by atoms with E-state index in [1.165, 1.54) is 12.8 Å². The normalized spacial score (nSPS) is 18.2. The van der Waals surface area contributed by atoms with Gasteiger partial charge >= 0.3 is 0 Å². The van der Waals surface area contributed by atoms with Gasteiger partial charge in [-0.15, -0.1) is 0 Å². The minimum atomic E-state index is -0.0959. The summed E-state index contributed by atoms with van der Waals surface area (Å²) < 4.78 is 0. The Hall–Kier alpha value is -1.32. The van der Waals surface area contributed by atoms with Crippen molar-refractivity contribution in [3.8, 4) is 0 Å². The van der Waals surface area contributed by atoms with Crippen molar-refractivity contribution >= 4 is 5.91 Å². The molecular formula is C13H21N3O. The topological polar surface area (TPSA) is 49.0 Å². The Morgan fingerprint density at radius 3 is 2.76 bits per heavy atom. The van der Waals surface area contributed by atoms with E-state index in [9.17, 15) is 4.79 Å². The van der Waals surface area contributed by atoms with Crippen LogP contribution in [-0.4, -0.2) is 27.8 Å². The molecule has 0 spiro atoms. The molecule has 0 aliphatic heterocycles. The molecule has 1 N–H and O–H groups in total. The quantitative estimate of drug-likeness (QED) is 0.870. The van der Waals surface area contributed by atoms with E-state index in [0.29, 0.717) is 6.54 Å². The molecule has 0 saturated heterocycles. The molecule has 0 unspecified atom stereocenters. The molecule has 4 heteroatoms. The van der Waals surface area contributed by atoms with Crippen molar-refractivity contribution in [1.82, 2.24) is 14.9 Å². The Morgan fingerprint density at radius 2 is 2.24 bits per heavy atom. The van der Waals surface area contributed by atoms with Crippen molar-refractivity contribution in [1.29, 1.82) is 0 Å². The second-order valence-electron chi connectivity index (χ2n) is 5.04. The van der Waals surface area contributed by atoms with Gasteiger partial charge in [0.15, 0.2) is 0 Å². The van der Waals surface area contributed by atoms with E-state index in [-0.39, 0.29) is 11.3 Å². The Labute approximate surface area is 102 Å². The highest BCUT2D eigenvalue weighted by Crippen LogP contribution is 2.42. The molecule has 1 fully saturated rings. The summed E-state index contributed by atoms with van der Waals surface area (Å²) in [5, 5.41) is 0. The first-order chi connectivity index (χ1) is 8.18. The van der Waals surface area contributed by atoms with Crippen LogP contribution in [0.4, 0.5) is 0 Å². The molecule has 1 aromatic rings. The molecule has 94 valence electrons. The fourth-order valence-electron chi connectivity index (χ4n) is 2.86. The number of nitrogens with zero attached hydrogens (tertiary/aromatic N) is 2. The van der Waals surface area contributed by atoms with Gasteiger partial charge in [-0.1, -0.05) is 19.8 Å². The molecule has 1 heterocycles. The van der Waals surface area contributed by atoms with Gasteiger partial charge in [0.25, 0.3) is 0 Å². The predicted molar refractivity (Wildman–Crippen MR) is 66.3 cm³/mol. The maximum atomic E-state index is 12.5. The zero-order chi connectivity index (χ0) is 12.3. The van der Waals surface area contributed by atoms with Gasteiger partial charge in [0, 0.05) is 24.9 Å². The summed E-state index contributed by atoms with van der Waals surface area (Å²) in [6, 6.07) is 0. The number of imidazole rings is 1. The number of rotatable bonds is 4. The molecule has 17 heavy (non-hydrogen) atoms. The molecule has 1 aromatic heterocycles. The number of amides is 1. The number of hydrogen-bond donors (Lipinski definition) is 1. The number of carbonyl (C=O) groups is 1. The molecular weight excluding hydrogens is 214 g/mol. The lowest BCUT2D eigenvalue weighted by atomic mass is 9.82. The third kappa shape index (κ3) is 2.35. The highest BCUT2D eigenvalue weighted by Gasteiger charge is 2.40. The van der Waals surface area contributed by atoms with Crippen LogP contribution in [0.2, 0.25) is 0 Å². The van der Waals surface area contributed by atoms with Crippen molar-refractivity contribution in [2.24, 2.45) is 5.41 Å². The summed E-state index contributed by atoms with van der Waals surface area (Å²) in [5.74, 6) is 1.14. The van der Waals surface area contributed by atoms with E-state index in [1.807, 2.05) is 11.9 Å². The van der Waals surface area contributed by atoms with E-state index >= 15 is 0 Å². The second-order valence-corrected chi connectivity index (χ2v) is 5.04. The predicted octanol–water partition coefficient (Wildman–Crippen LogP) is 2.34. The Bertz CT molecular complexity index is 366. The SMILES string of the molecule is CCC1(C(=O)N(C)Cc2ncc[nH]2)CCCC1. The summed E-state index contributed by atoms with van der Waals surface area (Å²) in [6.07, 6.45) is 8.93. The number of H-pyrrole nitrogens is 1. The van der Waals surface area contributed by atoms with E-state index in [0.717, 1.165) is 25.1 Å². The van der Waals surface area contributed by atoms with E-state index in [2.05, 4.69) is 16.9 Å². The van der Waals surface area contributed by atoms with Gasteiger partial charge in [-0.25, -0.2) is 4.98 Å². The number of aromatic nitrogens is 2. The average Bonchev–Trinajstić information content (AvgIpc) is 2.99. The van der Waals surface area contributed by atoms with Gasteiger partial charge in [0.1, 0.15) is 5.82 Å². The van der Waals surface area contributed by atoms with Crippen LogP contribution in [0.25, 0.3) is 0 Å². The molecule has 0 radical (unpaired) electrons. The minimum absolute atomic E-state index is 0.0959. The summed E-state index contributed by atoms with van der Waals surface area (Å²) in [7, 11) is 1.88. The lowest BCUT2D eigenvalue weighted by Crippen LogP contribution is -2.40. The number of carbonyl (C=O) groups excluding carboxylic acids is 1. The lowest BCUT2D eigenvalue weighted by molar-refractivity contribution is -0.141. The van der Waals surface area contributed by atoms with Crippen molar-refractivity contribution in [2.45, 2.75) is 45.6 Å². The molecule has 0 bridgehead atoms. The molecule has 2 rings (SSSR count). The van der Waals surface area contributed by atoms with Crippen LogP contribution in [0.1, 0.15) is 44.9 Å². The third-order valence-electron chi connectivity index (χ3n) is 3.98. The molecule has 1 aliphatic carbocycles. The average molecular weight is 235 g/mol. The Balaban J connectivity index is 2.03. The fourth-order valence-corrected chi connectivity index (χ4v) is 2.86. The van der Waals surface area contributed by atoms with Crippen LogP contribution in [-0.2, 0) is 11.3 Å². The summed E-state index contributed by atoms with van der Waals surface area (Å²) in [4.78, 5) is 21.5. The maximum Gasteiger partial charge on any atom is 0.228 e. The Kier molecular flexibility index (Phi) is 3.50. The summed E-state index contributed by atoms with van der Waals surface area (Å²) >= 11 is 0. The van der Waals surface area contributed by atoms with Gasteiger partial charge in [-0.05, 0) is 19.3 Å². The van der Waals surface area contributed by atoms with Crippen LogP contribution in [0.3, 0.4) is 0 Å². The summed E-state index contributed by atoms with van der Waals surface area (Å²) in [5.41, 5.74) is -0.0959. The van der Waals surface area contributed by atoms with Crippen LogP contribution in [0.15, 0.2) is 12.4 Å². The number of aromatic amines is 1. The number of nitrogens with one attached hydrogen (secondary N) is 1. The van der Waals surface area contributed by atoms with Crippen LogP contribution < -0.4 is 0 Å². The highest BCUT2D eigenvalue weighted by molar-refractivity contribution is 5.82. The molecule has 1 amide bonds. The van der Waals surface area contributed by atoms with E-state index < -0.39 is 0 Å². The van der Waals surface area contributed by atoms with Gasteiger partial charge in [-0.3, -0.25) is 4.79 Å². The number of hydrogen-bond acceptors (Lipinski definition) is 2. The smallest absolute Gasteiger partial charge is 0.228 e. The first-order valence-electron chi connectivity index (χ1n) is 6.42. The van der Waals surface area contributed by atoms with E-state index in [1.54, 1.807) is 12.4 Å². The first kappa shape index (κ1) is 12.1. The van der Waals surface area contributed by atoms with Gasteiger partial charge in [0.2, 0.25) is 5.91 Å². The van der Waals surface area contributed by atoms with Gasteiger partial charge in [0.05, 0.1) is 6.54 Å². The van der Waals surface area contributed by atoms with Crippen molar-refractivity contribution in [2.75, 3.05) is 7.05 Å². The molecule has 1 aliphatic rings. The lowest BCUT2D eigenvalue weighted by Gasteiger charge is -2.31. The van der Waals surface area contributed by atoms with Crippen molar-refractivity contribution in [3.05, 3.63) is 18.2 Å². The van der Waals surface area contributed by atoms with Crippen molar-refractivity contribution in [3.63, 3.8) is 0 Å². The minimum Gasteiger partial charge on any atom is -0.347 e. The first-order valence-corrected chi connectivity index (χ1v) is 6.42. The maximum absolute atomic E-state index is 12.5. The van der Waals surface area contributed by atoms with E-state index in [4.69, 9.17) is 0 Å². The largest absolute Gasteiger partial charge is 0.347 e. The van der Waals surface area contributed by atoms with Crippen LogP contribution in [0.5, 0.6) is 0 Å². The fraction of sp³-hybridized carbons (Fsp3) is 0.692. The van der Waals surface area contributed by atoms with Crippen LogP contribution >= 0.6 is 0 Å².